The molecule has 1 aliphatic rings. The summed E-state index contributed by atoms with van der Waals surface area (Å²) < 4.78 is 26.7. The number of benzene rings is 2. The van der Waals surface area contributed by atoms with Gasteiger partial charge in [-0.15, -0.1) is 0 Å². The Morgan fingerprint density at radius 3 is 2.25 bits per heavy atom. The van der Waals surface area contributed by atoms with Crippen molar-refractivity contribution >= 4 is 23.2 Å². The second-order valence-corrected chi connectivity index (χ2v) is 7.08. The molecule has 4 nitrogen and oxygen atoms in total. The number of amides is 2. The third-order valence-electron chi connectivity index (χ3n) is 5.29. The number of hydrogen-bond acceptors (Lipinski definition) is 2. The predicted molar refractivity (Wildman–Crippen MR) is 105 cm³/mol. The Balaban J connectivity index is 1.57. The molecule has 1 N–H and O–H groups in total. The highest BCUT2D eigenvalue weighted by Crippen LogP contribution is 2.32. The van der Waals surface area contributed by atoms with Crippen LogP contribution in [0.5, 0.6) is 0 Å². The molecule has 1 saturated carbocycles. The Labute approximate surface area is 163 Å². The van der Waals surface area contributed by atoms with Crippen molar-refractivity contribution in [3.63, 3.8) is 0 Å². The fourth-order valence-corrected chi connectivity index (χ4v) is 3.72. The summed E-state index contributed by atoms with van der Waals surface area (Å²) >= 11 is 0. The van der Waals surface area contributed by atoms with Gasteiger partial charge >= 0.3 is 0 Å². The van der Waals surface area contributed by atoms with Crippen LogP contribution in [0.15, 0.2) is 48.5 Å². The van der Waals surface area contributed by atoms with Gasteiger partial charge in [-0.25, -0.2) is 8.78 Å². The van der Waals surface area contributed by atoms with Crippen LogP contribution < -0.4 is 10.2 Å². The summed E-state index contributed by atoms with van der Waals surface area (Å²) in [5.41, 5.74) is 0.854. The first-order chi connectivity index (χ1) is 13.5. The van der Waals surface area contributed by atoms with E-state index in [9.17, 15) is 18.4 Å². The lowest BCUT2D eigenvalue weighted by molar-refractivity contribution is -0.126. The normalized spacial score (nSPS) is 19.1. The molecule has 0 spiro atoms. The summed E-state index contributed by atoms with van der Waals surface area (Å²) in [6.45, 7) is 2.54. The maximum atomic E-state index is 13.7. The number of rotatable bonds is 5. The van der Waals surface area contributed by atoms with Gasteiger partial charge in [0.2, 0.25) is 11.8 Å². The molecule has 28 heavy (non-hydrogen) atoms. The van der Waals surface area contributed by atoms with Gasteiger partial charge in [0.25, 0.3) is 0 Å². The lowest BCUT2D eigenvalue weighted by Gasteiger charge is -2.31. The maximum Gasteiger partial charge on any atom is 0.230 e. The number of nitrogens with zero attached hydrogens (tertiary/aromatic N) is 1. The maximum absolute atomic E-state index is 13.7. The molecule has 2 aromatic rings. The molecule has 1 fully saturated rings. The molecule has 0 bridgehead atoms. The number of carbonyl (C=O) groups excluding carboxylic acids is 2. The number of halogens is 2. The van der Waals surface area contributed by atoms with Gasteiger partial charge in [0, 0.05) is 30.1 Å². The van der Waals surface area contributed by atoms with Gasteiger partial charge in [0.05, 0.1) is 5.69 Å². The highest BCUT2D eigenvalue weighted by atomic mass is 19.1. The standard InChI is InChI=1S/C22H24F2N2O2/c1-2-26(18-6-4-3-5-7-18)22(28)16-10-8-15(9-11-16)21(27)25-20-13-12-17(23)14-19(20)24/h3-7,12-16H,2,8-11H2,1H3,(H,25,27). The van der Waals surface area contributed by atoms with E-state index in [-0.39, 0.29) is 29.3 Å². The van der Waals surface area contributed by atoms with E-state index < -0.39 is 11.6 Å². The molecule has 0 atom stereocenters. The number of carbonyl (C=O) groups is 2. The zero-order valence-electron chi connectivity index (χ0n) is 15.8. The minimum absolute atomic E-state index is 0.0224. The van der Waals surface area contributed by atoms with Crippen LogP contribution in [-0.4, -0.2) is 18.4 Å². The van der Waals surface area contributed by atoms with Crippen LogP contribution in [0.25, 0.3) is 0 Å². The van der Waals surface area contributed by atoms with Crippen molar-refractivity contribution in [2.24, 2.45) is 11.8 Å². The third kappa shape index (κ3) is 4.55. The molecule has 0 saturated heterocycles. The van der Waals surface area contributed by atoms with Crippen LogP contribution in [0, 0.1) is 23.5 Å². The number of nitrogens with one attached hydrogen (secondary N) is 1. The SMILES string of the molecule is CCN(C(=O)C1CCC(C(=O)Nc2ccc(F)cc2F)CC1)c1ccccc1. The van der Waals surface area contributed by atoms with E-state index in [0.29, 0.717) is 32.2 Å². The fourth-order valence-electron chi connectivity index (χ4n) is 3.72. The van der Waals surface area contributed by atoms with E-state index in [1.54, 1.807) is 4.90 Å². The van der Waals surface area contributed by atoms with E-state index in [1.807, 2.05) is 37.3 Å². The number of anilines is 2. The molecule has 1 aliphatic carbocycles. The van der Waals surface area contributed by atoms with Gasteiger partial charge in [-0.3, -0.25) is 9.59 Å². The smallest absolute Gasteiger partial charge is 0.230 e. The van der Waals surface area contributed by atoms with Gasteiger partial charge < -0.3 is 10.2 Å². The van der Waals surface area contributed by atoms with Crippen LogP contribution in [0.1, 0.15) is 32.6 Å². The van der Waals surface area contributed by atoms with Crippen LogP contribution in [0.4, 0.5) is 20.2 Å². The monoisotopic (exact) mass is 386 g/mol. The van der Waals surface area contributed by atoms with Crippen molar-refractivity contribution in [1.82, 2.24) is 0 Å². The average molecular weight is 386 g/mol. The minimum atomic E-state index is -0.793. The van der Waals surface area contributed by atoms with Crippen LogP contribution in [-0.2, 0) is 9.59 Å². The summed E-state index contributed by atoms with van der Waals surface area (Å²) in [4.78, 5) is 27.1. The van der Waals surface area contributed by atoms with E-state index in [0.717, 1.165) is 17.8 Å². The largest absolute Gasteiger partial charge is 0.323 e. The first kappa shape index (κ1) is 20.0. The van der Waals surface area contributed by atoms with Crippen molar-refractivity contribution in [2.75, 3.05) is 16.8 Å². The van der Waals surface area contributed by atoms with Gasteiger partial charge in [-0.05, 0) is 56.9 Å². The fraction of sp³-hybridized carbons (Fsp3) is 0.364. The van der Waals surface area contributed by atoms with Crippen LogP contribution in [0.2, 0.25) is 0 Å². The molecule has 148 valence electrons. The van der Waals surface area contributed by atoms with Crippen molar-refractivity contribution in [3.8, 4) is 0 Å². The zero-order valence-corrected chi connectivity index (χ0v) is 15.8. The van der Waals surface area contributed by atoms with Crippen molar-refractivity contribution < 1.29 is 18.4 Å². The number of hydrogen-bond donors (Lipinski definition) is 1. The lowest BCUT2D eigenvalue weighted by Crippen LogP contribution is -2.39. The predicted octanol–water partition coefficient (Wildman–Crippen LogP) is 4.76. The van der Waals surface area contributed by atoms with Crippen LogP contribution >= 0.6 is 0 Å². The van der Waals surface area contributed by atoms with Gasteiger partial charge in [0.15, 0.2) is 0 Å². The first-order valence-corrected chi connectivity index (χ1v) is 9.62. The molecule has 0 heterocycles. The molecule has 2 amide bonds. The Bertz CT molecular complexity index is 834. The van der Waals surface area contributed by atoms with E-state index in [2.05, 4.69) is 5.32 Å². The topological polar surface area (TPSA) is 49.4 Å². The summed E-state index contributed by atoms with van der Waals surface area (Å²) in [7, 11) is 0. The van der Waals surface area contributed by atoms with Gasteiger partial charge in [-0.1, -0.05) is 18.2 Å². The molecular formula is C22H24F2N2O2. The number of para-hydroxylation sites is 1. The lowest BCUT2D eigenvalue weighted by atomic mass is 9.80. The van der Waals surface area contributed by atoms with Gasteiger partial charge in [-0.2, -0.15) is 0 Å². The van der Waals surface area contributed by atoms with E-state index in [4.69, 9.17) is 0 Å². The van der Waals surface area contributed by atoms with E-state index >= 15 is 0 Å². The third-order valence-corrected chi connectivity index (χ3v) is 5.29. The van der Waals surface area contributed by atoms with E-state index in [1.165, 1.54) is 6.07 Å². The molecule has 0 radical (unpaired) electrons. The average Bonchev–Trinajstić information content (AvgIpc) is 2.71. The Morgan fingerprint density at radius 1 is 1.00 bits per heavy atom. The zero-order chi connectivity index (χ0) is 20.1. The van der Waals surface area contributed by atoms with Crippen molar-refractivity contribution in [1.29, 1.82) is 0 Å². The molecule has 0 aliphatic heterocycles. The molecule has 6 heteroatoms. The Kier molecular flexibility index (Phi) is 6.39. The summed E-state index contributed by atoms with van der Waals surface area (Å²) in [5, 5.41) is 2.54. The van der Waals surface area contributed by atoms with Gasteiger partial charge in [0.1, 0.15) is 11.6 Å². The molecule has 0 aromatic heterocycles. The quantitative estimate of drug-likeness (QED) is 0.805. The molecular weight excluding hydrogens is 362 g/mol. The molecule has 2 aromatic carbocycles. The van der Waals surface area contributed by atoms with Crippen LogP contribution in [0.3, 0.4) is 0 Å². The summed E-state index contributed by atoms with van der Waals surface area (Å²) in [5.74, 6) is -2.08. The highest BCUT2D eigenvalue weighted by Gasteiger charge is 2.32. The Morgan fingerprint density at radius 2 is 1.64 bits per heavy atom. The van der Waals surface area contributed by atoms with Crippen molar-refractivity contribution in [3.05, 3.63) is 60.2 Å². The molecule has 3 rings (SSSR count). The first-order valence-electron chi connectivity index (χ1n) is 9.62. The Hall–Kier alpha value is -2.76. The summed E-state index contributed by atoms with van der Waals surface area (Å²) in [6.07, 6.45) is 2.37. The van der Waals surface area contributed by atoms with Crippen molar-refractivity contribution in [2.45, 2.75) is 32.6 Å². The minimum Gasteiger partial charge on any atom is -0.323 e. The summed E-state index contributed by atoms with van der Waals surface area (Å²) in [6, 6.07) is 12.6. The highest BCUT2D eigenvalue weighted by molar-refractivity contribution is 5.96. The molecule has 0 unspecified atom stereocenters. The second-order valence-electron chi connectivity index (χ2n) is 7.08. The second kappa shape index (κ2) is 8.95.